The number of aromatic nitrogens is 1. The van der Waals surface area contributed by atoms with Crippen molar-refractivity contribution in [2.45, 2.75) is 0 Å². The van der Waals surface area contributed by atoms with Gasteiger partial charge < -0.3 is 5.73 Å². The molecule has 2 heterocycles. The van der Waals surface area contributed by atoms with Crippen molar-refractivity contribution in [2.75, 3.05) is 5.75 Å². The molecule has 0 atom stereocenters. The van der Waals surface area contributed by atoms with Gasteiger partial charge in [-0.3, -0.25) is 14.8 Å². The number of carbonyl (C=O) groups is 1. The van der Waals surface area contributed by atoms with E-state index in [9.17, 15) is 4.79 Å². The van der Waals surface area contributed by atoms with Gasteiger partial charge in [0.15, 0.2) is 0 Å². The Hall–Kier alpha value is -1.62. The Morgan fingerprint density at radius 2 is 2.13 bits per heavy atom. The second-order valence-electron chi connectivity index (χ2n) is 2.96. The lowest BCUT2D eigenvalue weighted by Gasteiger charge is -2.10. The molecule has 1 aliphatic rings. The highest BCUT2D eigenvalue weighted by Gasteiger charge is 2.13. The first-order valence-corrected chi connectivity index (χ1v) is 5.36. The zero-order chi connectivity index (χ0) is 10.7. The molecule has 2 N–H and O–H groups in total. The lowest BCUT2D eigenvalue weighted by molar-refractivity contribution is -0.113. The molecule has 0 bridgehead atoms. The van der Waals surface area contributed by atoms with Crippen LogP contribution in [0.3, 0.4) is 0 Å². The molecule has 0 saturated heterocycles. The molecular formula is C10H9N3OS. The SMILES string of the molecule is NC(=O)C1=CN=C(c2ccncc2)CS1. The molecule has 15 heavy (non-hydrogen) atoms. The fourth-order valence-electron chi connectivity index (χ4n) is 1.19. The van der Waals surface area contributed by atoms with Crippen LogP contribution in [0.5, 0.6) is 0 Å². The van der Waals surface area contributed by atoms with Crippen LogP contribution in [-0.2, 0) is 4.79 Å². The second kappa shape index (κ2) is 4.27. The summed E-state index contributed by atoms with van der Waals surface area (Å²) in [6.45, 7) is 0. The van der Waals surface area contributed by atoms with E-state index in [0.717, 1.165) is 11.3 Å². The van der Waals surface area contributed by atoms with Gasteiger partial charge in [-0.25, -0.2) is 0 Å². The van der Waals surface area contributed by atoms with Gasteiger partial charge in [-0.05, 0) is 17.7 Å². The number of carbonyl (C=O) groups excluding carboxylic acids is 1. The first kappa shape index (κ1) is 9.92. The van der Waals surface area contributed by atoms with Gasteiger partial charge >= 0.3 is 0 Å². The maximum absolute atomic E-state index is 10.9. The van der Waals surface area contributed by atoms with Gasteiger partial charge in [0.2, 0.25) is 0 Å². The van der Waals surface area contributed by atoms with Crippen LogP contribution in [0.1, 0.15) is 5.56 Å². The van der Waals surface area contributed by atoms with Gasteiger partial charge in [-0.2, -0.15) is 0 Å². The molecular weight excluding hydrogens is 210 g/mol. The molecule has 0 spiro atoms. The number of thioether (sulfide) groups is 1. The first-order valence-electron chi connectivity index (χ1n) is 4.37. The third-order valence-electron chi connectivity index (χ3n) is 1.96. The van der Waals surface area contributed by atoms with E-state index in [4.69, 9.17) is 5.73 Å². The molecule has 1 aromatic rings. The van der Waals surface area contributed by atoms with Gasteiger partial charge in [0.25, 0.3) is 5.91 Å². The van der Waals surface area contributed by atoms with Crippen molar-refractivity contribution in [3.05, 3.63) is 41.2 Å². The van der Waals surface area contributed by atoms with E-state index in [2.05, 4.69) is 9.98 Å². The average Bonchev–Trinajstić information content (AvgIpc) is 2.30. The molecule has 2 rings (SSSR count). The third kappa shape index (κ3) is 2.24. The Morgan fingerprint density at radius 3 is 2.67 bits per heavy atom. The lowest BCUT2D eigenvalue weighted by Crippen LogP contribution is -2.16. The number of pyridine rings is 1. The maximum atomic E-state index is 10.9. The van der Waals surface area contributed by atoms with Crippen molar-refractivity contribution in [1.82, 2.24) is 4.98 Å². The van der Waals surface area contributed by atoms with Crippen LogP contribution in [0.2, 0.25) is 0 Å². The predicted molar refractivity (Wildman–Crippen MR) is 60.5 cm³/mol. The van der Waals surface area contributed by atoms with Gasteiger partial charge in [-0.15, -0.1) is 11.8 Å². The molecule has 5 heteroatoms. The van der Waals surface area contributed by atoms with E-state index in [1.807, 2.05) is 12.1 Å². The maximum Gasteiger partial charge on any atom is 0.256 e. The minimum atomic E-state index is -0.419. The van der Waals surface area contributed by atoms with Gasteiger partial charge in [0.05, 0.1) is 10.6 Å². The smallest absolute Gasteiger partial charge is 0.256 e. The van der Waals surface area contributed by atoms with Crippen LogP contribution < -0.4 is 5.73 Å². The minimum absolute atomic E-state index is 0.419. The van der Waals surface area contributed by atoms with Crippen molar-refractivity contribution in [3.63, 3.8) is 0 Å². The Bertz CT molecular complexity index is 439. The summed E-state index contributed by atoms with van der Waals surface area (Å²) in [6, 6.07) is 3.78. The van der Waals surface area contributed by atoms with Crippen LogP contribution >= 0.6 is 11.8 Å². The van der Waals surface area contributed by atoms with E-state index in [0.29, 0.717) is 10.7 Å². The van der Waals surface area contributed by atoms with Crippen LogP contribution in [0.15, 0.2) is 40.6 Å². The summed E-state index contributed by atoms with van der Waals surface area (Å²) >= 11 is 1.41. The minimum Gasteiger partial charge on any atom is -0.365 e. The molecule has 0 radical (unpaired) electrons. The van der Waals surface area contributed by atoms with Crippen molar-refractivity contribution >= 4 is 23.4 Å². The first-order chi connectivity index (χ1) is 7.27. The van der Waals surface area contributed by atoms with Crippen LogP contribution in [0.4, 0.5) is 0 Å². The number of hydrogen-bond donors (Lipinski definition) is 1. The van der Waals surface area contributed by atoms with Crippen molar-refractivity contribution < 1.29 is 4.79 Å². The number of nitrogens with two attached hydrogens (primary N) is 1. The second-order valence-corrected chi connectivity index (χ2v) is 3.98. The van der Waals surface area contributed by atoms with Crippen molar-refractivity contribution in [2.24, 2.45) is 10.7 Å². The standard InChI is InChI=1S/C10H9N3OS/c11-10(14)9-5-13-8(6-15-9)7-1-3-12-4-2-7/h1-5H,6H2,(H2,11,14). The normalized spacial score (nSPS) is 15.5. The van der Waals surface area contributed by atoms with E-state index in [1.54, 1.807) is 12.4 Å². The fourth-order valence-corrected chi connectivity index (χ4v) is 2.00. The van der Waals surface area contributed by atoms with Crippen LogP contribution in [0, 0.1) is 0 Å². The molecule has 76 valence electrons. The van der Waals surface area contributed by atoms with Gasteiger partial charge in [0, 0.05) is 24.3 Å². The molecule has 1 aromatic heterocycles. The zero-order valence-corrected chi connectivity index (χ0v) is 8.70. The monoisotopic (exact) mass is 219 g/mol. The summed E-state index contributed by atoms with van der Waals surface area (Å²) in [5, 5.41) is 0. The molecule has 0 aliphatic carbocycles. The quantitative estimate of drug-likeness (QED) is 0.805. The molecule has 1 amide bonds. The molecule has 0 saturated carbocycles. The van der Waals surface area contributed by atoms with Crippen molar-refractivity contribution in [1.29, 1.82) is 0 Å². The van der Waals surface area contributed by atoms with E-state index < -0.39 is 5.91 Å². The summed E-state index contributed by atoms with van der Waals surface area (Å²) in [6.07, 6.45) is 4.96. The number of primary amides is 1. The highest BCUT2D eigenvalue weighted by atomic mass is 32.2. The van der Waals surface area contributed by atoms with Crippen molar-refractivity contribution in [3.8, 4) is 0 Å². The third-order valence-corrected chi connectivity index (χ3v) is 2.99. The number of hydrogen-bond acceptors (Lipinski definition) is 4. The van der Waals surface area contributed by atoms with Gasteiger partial charge in [-0.1, -0.05) is 0 Å². The van der Waals surface area contributed by atoms with E-state index >= 15 is 0 Å². The highest BCUT2D eigenvalue weighted by molar-refractivity contribution is 8.04. The van der Waals surface area contributed by atoms with Gasteiger partial charge in [0.1, 0.15) is 0 Å². The van der Waals surface area contributed by atoms with Crippen LogP contribution in [0.25, 0.3) is 0 Å². The average molecular weight is 219 g/mol. The summed E-state index contributed by atoms with van der Waals surface area (Å²) < 4.78 is 0. The molecule has 0 aromatic carbocycles. The molecule has 0 fully saturated rings. The van der Waals surface area contributed by atoms with Crippen LogP contribution in [-0.4, -0.2) is 22.4 Å². The van der Waals surface area contributed by atoms with E-state index in [1.165, 1.54) is 18.0 Å². The topological polar surface area (TPSA) is 68.3 Å². The summed E-state index contributed by atoms with van der Waals surface area (Å²) in [5.74, 6) is 0.247. The summed E-state index contributed by atoms with van der Waals surface area (Å²) in [7, 11) is 0. The number of nitrogens with zero attached hydrogens (tertiary/aromatic N) is 2. The number of amides is 1. The Labute approximate surface area is 91.3 Å². The molecule has 1 aliphatic heterocycles. The van der Waals surface area contributed by atoms with E-state index in [-0.39, 0.29) is 0 Å². The summed E-state index contributed by atoms with van der Waals surface area (Å²) in [4.78, 5) is 19.5. The Balaban J connectivity index is 2.25. The lowest BCUT2D eigenvalue weighted by atomic mass is 10.2. The predicted octanol–water partition coefficient (Wildman–Crippen LogP) is 0.944. The molecule has 0 unspecified atom stereocenters. The zero-order valence-electron chi connectivity index (χ0n) is 7.88. The largest absolute Gasteiger partial charge is 0.365 e. The number of aliphatic imine (C=N–C) groups is 1. The highest BCUT2D eigenvalue weighted by Crippen LogP contribution is 2.21. The summed E-state index contributed by atoms with van der Waals surface area (Å²) in [5.41, 5.74) is 7.11. The number of rotatable bonds is 2. The fraction of sp³-hybridized carbons (Fsp3) is 0.100. The molecule has 4 nitrogen and oxygen atoms in total. The Morgan fingerprint density at radius 1 is 1.40 bits per heavy atom. The Kier molecular flexibility index (Phi) is 2.82.